The maximum absolute atomic E-state index is 6.07. The molecule has 1 aromatic carbocycles. The lowest BCUT2D eigenvalue weighted by molar-refractivity contribution is 0.310. The van der Waals surface area contributed by atoms with Gasteiger partial charge in [0.1, 0.15) is 0 Å². The van der Waals surface area contributed by atoms with Crippen LogP contribution in [0.15, 0.2) is 36.7 Å². The fourth-order valence-corrected chi connectivity index (χ4v) is 1.97. The molecule has 1 heterocycles. The largest absolute Gasteiger partial charge is 0.493 e. The smallest absolute Gasteiger partial charge is 0.161 e. The molecule has 0 aliphatic rings. The minimum atomic E-state index is 0.610. The van der Waals surface area contributed by atoms with E-state index in [0.717, 1.165) is 22.7 Å². The Morgan fingerprint density at radius 2 is 2.10 bits per heavy atom. The molecule has 0 aliphatic heterocycles. The number of pyridine rings is 1. The van der Waals surface area contributed by atoms with Crippen LogP contribution in [-0.4, -0.2) is 18.7 Å². The molecule has 0 saturated carbocycles. The van der Waals surface area contributed by atoms with E-state index in [1.807, 2.05) is 25.1 Å². The average Bonchev–Trinajstić information content (AvgIpc) is 2.48. The molecule has 106 valence electrons. The molecule has 5 heteroatoms. The normalized spacial score (nSPS) is 10.2. The third-order valence-corrected chi connectivity index (χ3v) is 3.11. The Morgan fingerprint density at radius 3 is 2.80 bits per heavy atom. The number of hydrogen-bond donors (Lipinski definition) is 1. The number of nitrogens with one attached hydrogen (secondary N) is 1. The SMILES string of the molecule is CCOc1ccc(CNc2cnccc2Cl)cc1OC. The minimum absolute atomic E-state index is 0.610. The molecule has 0 saturated heterocycles. The monoisotopic (exact) mass is 292 g/mol. The van der Waals surface area contributed by atoms with Crippen LogP contribution in [0.1, 0.15) is 12.5 Å². The molecule has 0 amide bonds. The summed E-state index contributed by atoms with van der Waals surface area (Å²) in [5, 5.41) is 3.89. The first-order valence-corrected chi connectivity index (χ1v) is 6.75. The molecule has 1 N–H and O–H groups in total. The summed E-state index contributed by atoms with van der Waals surface area (Å²) in [6.45, 7) is 3.19. The number of hydrogen-bond acceptors (Lipinski definition) is 4. The highest BCUT2D eigenvalue weighted by atomic mass is 35.5. The zero-order valence-corrected chi connectivity index (χ0v) is 12.3. The van der Waals surface area contributed by atoms with Crippen LogP contribution >= 0.6 is 11.6 Å². The van der Waals surface area contributed by atoms with E-state index in [1.165, 1.54) is 0 Å². The van der Waals surface area contributed by atoms with Gasteiger partial charge in [0.2, 0.25) is 0 Å². The lowest BCUT2D eigenvalue weighted by Gasteiger charge is -2.12. The first kappa shape index (κ1) is 14.5. The van der Waals surface area contributed by atoms with Gasteiger partial charge in [-0.3, -0.25) is 4.98 Å². The number of rotatable bonds is 6. The van der Waals surface area contributed by atoms with Crippen molar-refractivity contribution in [1.82, 2.24) is 4.98 Å². The Labute approximate surface area is 123 Å². The van der Waals surface area contributed by atoms with Gasteiger partial charge >= 0.3 is 0 Å². The number of aromatic nitrogens is 1. The molecule has 20 heavy (non-hydrogen) atoms. The van der Waals surface area contributed by atoms with Crippen molar-refractivity contribution in [3.8, 4) is 11.5 Å². The van der Waals surface area contributed by atoms with Gasteiger partial charge in [-0.25, -0.2) is 0 Å². The molecule has 0 unspecified atom stereocenters. The molecule has 2 rings (SSSR count). The number of benzene rings is 1. The third-order valence-electron chi connectivity index (χ3n) is 2.78. The van der Waals surface area contributed by atoms with Gasteiger partial charge in [0.15, 0.2) is 11.5 Å². The van der Waals surface area contributed by atoms with Gasteiger partial charge in [-0.1, -0.05) is 17.7 Å². The highest BCUT2D eigenvalue weighted by molar-refractivity contribution is 6.33. The van der Waals surface area contributed by atoms with E-state index < -0.39 is 0 Å². The molecular formula is C15H17ClN2O2. The molecule has 0 atom stereocenters. The first-order chi connectivity index (χ1) is 9.74. The summed E-state index contributed by atoms with van der Waals surface area (Å²) in [6.07, 6.45) is 3.36. The standard InChI is InChI=1S/C15H17ClN2O2/c1-3-20-14-5-4-11(8-15(14)19-2)9-18-13-10-17-7-6-12(13)16/h4-8,10,18H,3,9H2,1-2H3. The predicted octanol–water partition coefficient (Wildman–Crippen LogP) is 3.75. The minimum Gasteiger partial charge on any atom is -0.493 e. The summed E-state index contributed by atoms with van der Waals surface area (Å²) in [6, 6.07) is 7.60. The van der Waals surface area contributed by atoms with Gasteiger partial charge in [0.05, 0.1) is 30.6 Å². The van der Waals surface area contributed by atoms with E-state index >= 15 is 0 Å². The van der Waals surface area contributed by atoms with Crippen LogP contribution < -0.4 is 14.8 Å². The summed E-state index contributed by atoms with van der Waals surface area (Å²) in [5.41, 5.74) is 1.88. The van der Waals surface area contributed by atoms with E-state index in [4.69, 9.17) is 21.1 Å². The molecule has 0 spiro atoms. The van der Waals surface area contributed by atoms with Crippen molar-refractivity contribution in [2.75, 3.05) is 19.0 Å². The van der Waals surface area contributed by atoms with Gasteiger partial charge in [-0.15, -0.1) is 0 Å². The summed E-state index contributed by atoms with van der Waals surface area (Å²) >= 11 is 6.07. The number of anilines is 1. The average molecular weight is 293 g/mol. The highest BCUT2D eigenvalue weighted by Gasteiger charge is 2.06. The number of nitrogens with zero attached hydrogens (tertiary/aromatic N) is 1. The van der Waals surface area contributed by atoms with Gasteiger partial charge in [0, 0.05) is 12.7 Å². The van der Waals surface area contributed by atoms with Gasteiger partial charge in [0.25, 0.3) is 0 Å². The summed E-state index contributed by atoms with van der Waals surface area (Å²) in [7, 11) is 1.63. The molecule has 0 fully saturated rings. The van der Waals surface area contributed by atoms with E-state index in [-0.39, 0.29) is 0 Å². The van der Waals surface area contributed by atoms with Gasteiger partial charge < -0.3 is 14.8 Å². The fraction of sp³-hybridized carbons (Fsp3) is 0.267. The fourth-order valence-electron chi connectivity index (χ4n) is 1.80. The summed E-state index contributed by atoms with van der Waals surface area (Å²) in [5.74, 6) is 1.47. The number of ether oxygens (including phenoxy) is 2. The molecule has 0 radical (unpaired) electrons. The second-order valence-electron chi connectivity index (χ2n) is 4.13. The van der Waals surface area contributed by atoms with Crippen molar-refractivity contribution in [2.45, 2.75) is 13.5 Å². The lowest BCUT2D eigenvalue weighted by atomic mass is 10.2. The Morgan fingerprint density at radius 1 is 1.25 bits per heavy atom. The quantitative estimate of drug-likeness (QED) is 0.880. The van der Waals surface area contributed by atoms with Crippen molar-refractivity contribution in [3.05, 3.63) is 47.2 Å². The Kier molecular flexibility index (Phi) is 5.07. The second-order valence-corrected chi connectivity index (χ2v) is 4.53. The van der Waals surface area contributed by atoms with E-state index in [1.54, 1.807) is 25.6 Å². The first-order valence-electron chi connectivity index (χ1n) is 6.37. The highest BCUT2D eigenvalue weighted by Crippen LogP contribution is 2.28. The number of methoxy groups -OCH3 is 1. The van der Waals surface area contributed by atoms with Crippen LogP contribution in [0.3, 0.4) is 0 Å². The predicted molar refractivity (Wildman–Crippen MR) is 80.7 cm³/mol. The van der Waals surface area contributed by atoms with Crippen LogP contribution in [0, 0.1) is 0 Å². The van der Waals surface area contributed by atoms with Crippen LogP contribution in [0.25, 0.3) is 0 Å². The topological polar surface area (TPSA) is 43.4 Å². The van der Waals surface area contributed by atoms with Crippen LogP contribution in [0.4, 0.5) is 5.69 Å². The zero-order valence-electron chi connectivity index (χ0n) is 11.5. The maximum Gasteiger partial charge on any atom is 0.161 e. The lowest BCUT2D eigenvalue weighted by Crippen LogP contribution is -2.02. The summed E-state index contributed by atoms with van der Waals surface area (Å²) in [4.78, 5) is 4.04. The Bertz CT molecular complexity index is 576. The van der Waals surface area contributed by atoms with Crippen LogP contribution in [0.5, 0.6) is 11.5 Å². The molecule has 0 bridgehead atoms. The Balaban J connectivity index is 2.08. The van der Waals surface area contributed by atoms with Gasteiger partial charge in [-0.2, -0.15) is 0 Å². The molecule has 1 aromatic heterocycles. The third kappa shape index (κ3) is 3.54. The maximum atomic E-state index is 6.07. The summed E-state index contributed by atoms with van der Waals surface area (Å²) < 4.78 is 10.8. The van der Waals surface area contributed by atoms with E-state index in [0.29, 0.717) is 18.2 Å². The second kappa shape index (κ2) is 7.01. The molecule has 2 aromatic rings. The van der Waals surface area contributed by atoms with E-state index in [9.17, 15) is 0 Å². The Hall–Kier alpha value is -1.94. The zero-order chi connectivity index (χ0) is 14.4. The van der Waals surface area contributed by atoms with Crippen LogP contribution in [0.2, 0.25) is 5.02 Å². The van der Waals surface area contributed by atoms with Crippen molar-refractivity contribution in [3.63, 3.8) is 0 Å². The molecule has 4 nitrogen and oxygen atoms in total. The molecule has 0 aliphatic carbocycles. The van der Waals surface area contributed by atoms with Crippen molar-refractivity contribution >= 4 is 17.3 Å². The molecular weight excluding hydrogens is 276 g/mol. The van der Waals surface area contributed by atoms with Crippen molar-refractivity contribution < 1.29 is 9.47 Å². The van der Waals surface area contributed by atoms with Gasteiger partial charge in [-0.05, 0) is 30.7 Å². The van der Waals surface area contributed by atoms with Crippen molar-refractivity contribution in [2.24, 2.45) is 0 Å². The van der Waals surface area contributed by atoms with E-state index in [2.05, 4.69) is 10.3 Å². The van der Waals surface area contributed by atoms with Crippen molar-refractivity contribution in [1.29, 1.82) is 0 Å². The number of halogens is 1. The van der Waals surface area contributed by atoms with Crippen LogP contribution in [-0.2, 0) is 6.54 Å².